The summed E-state index contributed by atoms with van der Waals surface area (Å²) in [7, 11) is 1.45. The fraction of sp³-hybridized carbons (Fsp3) is 0.275. The number of anilines is 3. The zero-order valence-corrected chi connectivity index (χ0v) is 36.5. The van der Waals surface area contributed by atoms with E-state index in [4.69, 9.17) is 24.7 Å². The number of benzene rings is 5. The van der Waals surface area contributed by atoms with Crippen molar-refractivity contribution < 1.29 is 48.0 Å². The van der Waals surface area contributed by atoms with E-state index in [1.807, 2.05) is 77.7 Å². The van der Waals surface area contributed by atoms with E-state index in [1.54, 1.807) is 42.5 Å². The molecule has 16 nitrogen and oxygen atoms in total. The average molecular weight is 905 g/mol. The van der Waals surface area contributed by atoms with Gasteiger partial charge in [-0.2, -0.15) is 0 Å². The lowest BCUT2D eigenvalue weighted by Crippen LogP contribution is -2.54. The Balaban J connectivity index is 1.30. The molecule has 5 aromatic rings. The molecule has 16 heteroatoms. The van der Waals surface area contributed by atoms with Crippen LogP contribution in [0.5, 0.6) is 5.75 Å². The summed E-state index contributed by atoms with van der Waals surface area (Å²) in [5.74, 6) is 1.92. The first-order valence-corrected chi connectivity index (χ1v) is 21.9. The Hall–Kier alpha value is -7.71. The molecule has 0 radical (unpaired) electrons. The lowest BCUT2D eigenvalue weighted by molar-refractivity contribution is -0.177. The molecule has 0 saturated carbocycles. The van der Waals surface area contributed by atoms with E-state index in [0.717, 1.165) is 16.2 Å². The van der Waals surface area contributed by atoms with Gasteiger partial charge in [-0.05, 0) is 76.9 Å². The van der Waals surface area contributed by atoms with Crippen LogP contribution in [0.3, 0.4) is 0 Å². The molecule has 0 aliphatic carbocycles. The molecule has 4 aliphatic rings. The smallest absolute Gasteiger partial charge is 0.421 e. The van der Waals surface area contributed by atoms with Crippen LogP contribution in [0, 0.1) is 17.8 Å². The van der Waals surface area contributed by atoms with Gasteiger partial charge in [0.1, 0.15) is 29.9 Å². The Bertz CT molecular complexity index is 2720. The van der Waals surface area contributed by atoms with Crippen LogP contribution in [-0.4, -0.2) is 99.1 Å². The van der Waals surface area contributed by atoms with Crippen molar-refractivity contribution in [3.8, 4) is 17.6 Å². The number of ether oxygens (including phenoxy) is 4. The number of primary amides is 1. The summed E-state index contributed by atoms with van der Waals surface area (Å²) < 4.78 is 22.9. The Morgan fingerprint density at radius 2 is 1.52 bits per heavy atom. The normalized spacial score (nSPS) is 23.1. The molecule has 4 heterocycles. The van der Waals surface area contributed by atoms with Crippen LogP contribution < -0.4 is 26.2 Å². The van der Waals surface area contributed by atoms with Crippen molar-refractivity contribution in [3.05, 3.63) is 155 Å². The minimum atomic E-state index is -2.10. The number of imide groups is 1. The standard InChI is InChI=1S/C51H48N6O10/c1-64-29-30-66-50(63)56-40-23-14-32(9-8-24-53-49(52)62)31-39(40)51(48(56)61)41(46(59)54-36-17-19-37(20-18-36)55-25-27-65-28-26-55)43-47(60)67-44(34-12-6-3-7-13-34)42(33-10-4-2-5-11-33)57(43)45(51)35-15-21-38(58)22-16-35/h2-7,10-23,31,41-45,58H,24-30H2,1H3,(H,54,59)(H3,52,53,62)/t41-,42-,43-,44+,45+,51-/m1/s1. The quantitative estimate of drug-likeness (QED) is 0.0798. The van der Waals surface area contributed by atoms with Gasteiger partial charge in [-0.1, -0.05) is 84.6 Å². The van der Waals surface area contributed by atoms with Gasteiger partial charge < -0.3 is 45.3 Å². The van der Waals surface area contributed by atoms with E-state index in [-0.39, 0.29) is 36.8 Å². The van der Waals surface area contributed by atoms with Crippen LogP contribution in [0.25, 0.3) is 0 Å². The van der Waals surface area contributed by atoms with Crippen LogP contribution in [0.15, 0.2) is 127 Å². The van der Waals surface area contributed by atoms with E-state index in [9.17, 15) is 14.7 Å². The maximum Gasteiger partial charge on any atom is 0.421 e. The van der Waals surface area contributed by atoms with Crippen LogP contribution in [-0.2, 0) is 38.7 Å². The highest BCUT2D eigenvalue weighted by molar-refractivity contribution is 6.24. The minimum absolute atomic E-state index is 0.0342. The summed E-state index contributed by atoms with van der Waals surface area (Å²) in [6, 6.07) is 32.7. The van der Waals surface area contributed by atoms with E-state index in [0.29, 0.717) is 48.7 Å². The number of carbonyl (C=O) groups excluding carboxylic acids is 5. The van der Waals surface area contributed by atoms with Gasteiger partial charge >= 0.3 is 18.1 Å². The molecule has 342 valence electrons. The molecule has 5 amide bonds. The molecule has 5 aromatic carbocycles. The van der Waals surface area contributed by atoms with Crippen molar-refractivity contribution in [2.24, 2.45) is 11.7 Å². The fourth-order valence-corrected chi connectivity index (χ4v) is 9.97. The third kappa shape index (κ3) is 8.29. The maximum absolute atomic E-state index is 16.3. The number of nitrogens with one attached hydrogen (secondary N) is 2. The van der Waals surface area contributed by atoms with Crippen molar-refractivity contribution in [2.75, 3.05) is 68.3 Å². The zero-order valence-electron chi connectivity index (χ0n) is 36.5. The number of hydrogen-bond acceptors (Lipinski definition) is 12. The van der Waals surface area contributed by atoms with Gasteiger partial charge in [-0.15, -0.1) is 0 Å². The number of nitrogens with two attached hydrogens (primary N) is 1. The molecule has 4 aliphatic heterocycles. The lowest BCUT2D eigenvalue weighted by Gasteiger charge is -2.46. The van der Waals surface area contributed by atoms with Crippen LogP contribution in [0.1, 0.15) is 46.0 Å². The second-order valence-electron chi connectivity index (χ2n) is 16.5. The lowest BCUT2D eigenvalue weighted by atomic mass is 9.65. The number of amides is 5. The molecular formula is C51H48N6O10. The number of nitrogens with zero attached hydrogens (tertiary/aromatic N) is 3. The summed E-state index contributed by atoms with van der Waals surface area (Å²) in [4.78, 5) is 78.3. The molecule has 3 fully saturated rings. The fourth-order valence-electron chi connectivity index (χ4n) is 9.97. The number of hydrogen-bond donors (Lipinski definition) is 4. The third-order valence-electron chi connectivity index (χ3n) is 12.7. The highest BCUT2D eigenvalue weighted by Crippen LogP contribution is 2.66. The first kappa shape index (κ1) is 44.5. The first-order chi connectivity index (χ1) is 32.6. The predicted molar refractivity (Wildman–Crippen MR) is 246 cm³/mol. The van der Waals surface area contributed by atoms with Crippen molar-refractivity contribution in [1.82, 2.24) is 10.2 Å². The number of urea groups is 1. The number of fused-ring (bicyclic) bond motifs is 3. The summed E-state index contributed by atoms with van der Waals surface area (Å²) in [6.45, 7) is 2.30. The number of phenols is 1. The molecule has 67 heavy (non-hydrogen) atoms. The molecule has 5 N–H and O–H groups in total. The molecule has 0 unspecified atom stereocenters. The van der Waals surface area contributed by atoms with Gasteiger partial charge in [-0.3, -0.25) is 19.3 Å². The van der Waals surface area contributed by atoms with Crippen LogP contribution in [0.2, 0.25) is 0 Å². The maximum atomic E-state index is 16.3. The third-order valence-corrected chi connectivity index (χ3v) is 12.7. The first-order valence-electron chi connectivity index (χ1n) is 21.9. The number of esters is 1. The van der Waals surface area contributed by atoms with Crippen molar-refractivity contribution in [1.29, 1.82) is 0 Å². The Morgan fingerprint density at radius 3 is 2.19 bits per heavy atom. The summed E-state index contributed by atoms with van der Waals surface area (Å²) in [5.41, 5.74) is 7.03. The Labute approximate surface area is 386 Å². The molecule has 3 saturated heterocycles. The second kappa shape index (κ2) is 19.0. The highest BCUT2D eigenvalue weighted by atomic mass is 16.6. The number of rotatable bonds is 10. The van der Waals surface area contributed by atoms with E-state index >= 15 is 14.4 Å². The number of morpholine rings is 2. The van der Waals surface area contributed by atoms with Gasteiger partial charge in [0.05, 0.1) is 50.1 Å². The van der Waals surface area contributed by atoms with E-state index < -0.39 is 65.5 Å². The number of cyclic esters (lactones) is 1. The second-order valence-corrected chi connectivity index (χ2v) is 16.5. The van der Waals surface area contributed by atoms with Gasteiger partial charge in [-0.25, -0.2) is 14.5 Å². The Morgan fingerprint density at radius 1 is 0.836 bits per heavy atom. The zero-order chi connectivity index (χ0) is 46.7. The van der Waals surface area contributed by atoms with Gasteiger partial charge in [0.25, 0.3) is 0 Å². The topological polar surface area (TPSA) is 202 Å². The van der Waals surface area contributed by atoms with Crippen molar-refractivity contribution in [3.63, 3.8) is 0 Å². The van der Waals surface area contributed by atoms with Gasteiger partial charge in [0, 0.05) is 37.1 Å². The molecule has 9 rings (SSSR count). The van der Waals surface area contributed by atoms with Crippen LogP contribution in [0.4, 0.5) is 26.7 Å². The SMILES string of the molecule is COCCOC(=O)N1C(=O)[C@@]2(c3cc(C#CCNC(N)=O)ccc31)[C@H](c1ccc(O)cc1)N1[C@H](c3ccccc3)[C@H](c3ccccc3)OC(=O)[C@H]1[C@@H]2C(=O)Nc1ccc(N2CCOCC2)cc1. The molecular weight excluding hydrogens is 857 g/mol. The van der Waals surface area contributed by atoms with Crippen molar-refractivity contribution in [2.45, 2.75) is 29.6 Å². The minimum Gasteiger partial charge on any atom is -0.508 e. The summed E-state index contributed by atoms with van der Waals surface area (Å²) >= 11 is 0. The van der Waals surface area contributed by atoms with Gasteiger partial charge in [0.2, 0.25) is 11.8 Å². The summed E-state index contributed by atoms with van der Waals surface area (Å²) in [6.07, 6.45) is -1.97. The summed E-state index contributed by atoms with van der Waals surface area (Å²) in [5, 5.41) is 16.2. The highest BCUT2D eigenvalue weighted by Gasteiger charge is 2.75. The van der Waals surface area contributed by atoms with E-state index in [1.165, 1.54) is 19.2 Å². The number of phenolic OH excluding ortho intramolecular Hbond substituents is 1. The van der Waals surface area contributed by atoms with Gasteiger partial charge in [0.15, 0.2) is 0 Å². The van der Waals surface area contributed by atoms with Crippen LogP contribution >= 0.6 is 0 Å². The molecule has 6 atom stereocenters. The molecule has 1 spiro atoms. The molecule has 0 bridgehead atoms. The monoisotopic (exact) mass is 904 g/mol. The van der Waals surface area contributed by atoms with Crippen molar-refractivity contribution >= 4 is 47.0 Å². The number of methoxy groups -OCH3 is 1. The van der Waals surface area contributed by atoms with E-state index in [2.05, 4.69) is 27.4 Å². The average Bonchev–Trinajstić information content (AvgIpc) is 3.80. The Kier molecular flexibility index (Phi) is 12.6. The molecule has 0 aromatic heterocycles. The predicted octanol–water partition coefficient (Wildman–Crippen LogP) is 5.34. The number of carbonyl (C=O) groups is 5. The largest absolute Gasteiger partial charge is 0.508 e. The number of aromatic hydroxyl groups is 1.